The summed E-state index contributed by atoms with van der Waals surface area (Å²) in [6.07, 6.45) is -0.732. The molecule has 28 heavy (non-hydrogen) atoms. The van der Waals surface area contributed by atoms with Gasteiger partial charge < -0.3 is 9.47 Å². The summed E-state index contributed by atoms with van der Waals surface area (Å²) < 4.78 is 51.6. The number of hydrogen-bond acceptors (Lipinski definition) is 4. The lowest BCUT2D eigenvalue weighted by atomic mass is 10.1. The molecule has 1 unspecified atom stereocenters. The summed E-state index contributed by atoms with van der Waals surface area (Å²) in [4.78, 5) is 16.3. The van der Waals surface area contributed by atoms with Gasteiger partial charge in [-0.2, -0.15) is 8.78 Å². The zero-order chi connectivity index (χ0) is 20.3. The summed E-state index contributed by atoms with van der Waals surface area (Å²) in [6.45, 7) is -1.32. The Morgan fingerprint density at radius 1 is 1.21 bits per heavy atom. The minimum atomic E-state index is -2.81. The third-order valence-corrected chi connectivity index (χ3v) is 4.32. The summed E-state index contributed by atoms with van der Waals surface area (Å²) in [5.41, 5.74) is 1.27. The van der Waals surface area contributed by atoms with E-state index in [4.69, 9.17) is 9.47 Å². The van der Waals surface area contributed by atoms with Gasteiger partial charge in [0.2, 0.25) is 0 Å². The van der Waals surface area contributed by atoms with Crippen LogP contribution in [0, 0.1) is 5.82 Å². The van der Waals surface area contributed by atoms with E-state index in [0.29, 0.717) is 11.1 Å². The molecular weight excluding hydrogens is 373 g/mol. The van der Waals surface area contributed by atoms with E-state index in [2.05, 4.69) is 4.98 Å². The van der Waals surface area contributed by atoms with Crippen molar-refractivity contribution >= 4 is 17.0 Å². The summed E-state index contributed by atoms with van der Waals surface area (Å²) in [5, 5.41) is 0. The van der Waals surface area contributed by atoms with Gasteiger partial charge in [0.25, 0.3) is 0 Å². The van der Waals surface area contributed by atoms with E-state index in [1.54, 1.807) is 24.3 Å². The number of methoxy groups -OCH3 is 1. The third kappa shape index (κ3) is 4.11. The minimum absolute atomic E-state index is 0.0228. The quantitative estimate of drug-likeness (QED) is 0.541. The van der Waals surface area contributed by atoms with Crippen LogP contribution in [0.25, 0.3) is 11.0 Å². The number of alkyl halides is 2. The Morgan fingerprint density at radius 3 is 2.64 bits per heavy atom. The molecular formula is C20H19F3N2O3. The van der Waals surface area contributed by atoms with Crippen molar-refractivity contribution in [2.24, 2.45) is 0 Å². The van der Waals surface area contributed by atoms with Crippen LogP contribution in [0.1, 0.15) is 37.4 Å². The van der Waals surface area contributed by atoms with Gasteiger partial charge in [0.05, 0.1) is 18.1 Å². The Morgan fingerprint density at radius 2 is 1.96 bits per heavy atom. The highest BCUT2D eigenvalue weighted by molar-refractivity contribution is 5.76. The molecule has 1 aromatic heterocycles. The second-order valence-corrected chi connectivity index (χ2v) is 6.21. The number of nitrogens with zero attached hydrogens (tertiary/aromatic N) is 2. The van der Waals surface area contributed by atoms with E-state index < -0.39 is 24.4 Å². The van der Waals surface area contributed by atoms with Gasteiger partial charge in [-0.3, -0.25) is 9.36 Å². The molecule has 0 bridgehead atoms. The molecule has 0 aliphatic heterocycles. The van der Waals surface area contributed by atoms with Crippen molar-refractivity contribution in [3.05, 3.63) is 59.7 Å². The number of aromatic nitrogens is 2. The van der Waals surface area contributed by atoms with Gasteiger partial charge in [0.15, 0.2) is 23.5 Å². The third-order valence-electron chi connectivity index (χ3n) is 4.32. The molecule has 0 saturated carbocycles. The first-order chi connectivity index (χ1) is 13.4. The molecule has 0 aliphatic rings. The molecule has 5 nitrogen and oxygen atoms in total. The zero-order valence-electron chi connectivity index (χ0n) is 15.4. The van der Waals surface area contributed by atoms with Crippen molar-refractivity contribution in [3.8, 4) is 5.75 Å². The van der Waals surface area contributed by atoms with E-state index in [-0.39, 0.29) is 29.9 Å². The predicted octanol–water partition coefficient (Wildman–Crippen LogP) is 4.82. The summed E-state index contributed by atoms with van der Waals surface area (Å²) in [7, 11) is 1.36. The van der Waals surface area contributed by atoms with Crippen molar-refractivity contribution in [3.63, 3.8) is 0 Å². The first-order valence-corrected chi connectivity index (χ1v) is 8.67. The Bertz CT molecular complexity index is 988. The second-order valence-electron chi connectivity index (χ2n) is 6.21. The van der Waals surface area contributed by atoms with E-state index in [1.807, 2.05) is 0 Å². The van der Waals surface area contributed by atoms with Crippen LogP contribution in [-0.4, -0.2) is 22.6 Å². The number of benzene rings is 2. The first-order valence-electron chi connectivity index (χ1n) is 8.67. The molecule has 0 amide bonds. The fraction of sp³-hybridized carbons (Fsp3) is 0.300. The normalized spacial score (nSPS) is 12.4. The predicted molar refractivity (Wildman–Crippen MR) is 96.8 cm³/mol. The molecule has 3 aromatic rings. The van der Waals surface area contributed by atoms with Gasteiger partial charge in [-0.15, -0.1) is 0 Å². The number of carbonyl (C=O) groups excluding carboxylic acids is 1. The number of para-hydroxylation sites is 2. The van der Waals surface area contributed by atoms with Crippen LogP contribution in [0.2, 0.25) is 0 Å². The van der Waals surface area contributed by atoms with Crippen LogP contribution < -0.4 is 4.74 Å². The van der Waals surface area contributed by atoms with Gasteiger partial charge in [-0.25, -0.2) is 9.37 Å². The van der Waals surface area contributed by atoms with E-state index in [9.17, 15) is 18.0 Å². The molecule has 8 heteroatoms. The van der Waals surface area contributed by atoms with E-state index in [0.717, 1.165) is 4.57 Å². The second kappa shape index (κ2) is 8.33. The molecule has 0 saturated heterocycles. The number of halogens is 3. The largest absolute Gasteiger partial charge is 0.494 e. The molecule has 1 atom stereocenters. The van der Waals surface area contributed by atoms with Gasteiger partial charge >= 0.3 is 12.5 Å². The van der Waals surface area contributed by atoms with Gasteiger partial charge in [0.1, 0.15) is 0 Å². The Balaban J connectivity index is 1.68. The van der Waals surface area contributed by atoms with Crippen LogP contribution in [-0.2, 0) is 16.0 Å². The van der Waals surface area contributed by atoms with Crippen molar-refractivity contribution in [1.29, 1.82) is 0 Å². The SMILES string of the molecule is COc1ccc(CCC(=O)OC(C)c2nc3ccccc3n2C(F)F)cc1F. The molecule has 0 aliphatic carbocycles. The maximum atomic E-state index is 13.7. The molecule has 0 spiro atoms. The van der Waals surface area contributed by atoms with Gasteiger partial charge in [-0.1, -0.05) is 18.2 Å². The Labute approximate surface area is 159 Å². The number of fused-ring (bicyclic) bond motifs is 1. The van der Waals surface area contributed by atoms with Gasteiger partial charge in [-0.05, 0) is 43.2 Å². The molecule has 2 aromatic carbocycles. The summed E-state index contributed by atoms with van der Waals surface area (Å²) in [6, 6.07) is 10.9. The molecule has 0 fully saturated rings. The van der Waals surface area contributed by atoms with Crippen molar-refractivity contribution < 1.29 is 27.4 Å². The highest BCUT2D eigenvalue weighted by atomic mass is 19.3. The smallest absolute Gasteiger partial charge is 0.320 e. The van der Waals surface area contributed by atoms with E-state index in [1.165, 1.54) is 32.2 Å². The van der Waals surface area contributed by atoms with Crippen LogP contribution in [0.3, 0.4) is 0 Å². The number of esters is 1. The molecule has 3 rings (SSSR count). The summed E-state index contributed by atoms with van der Waals surface area (Å²) >= 11 is 0. The highest BCUT2D eigenvalue weighted by Gasteiger charge is 2.24. The van der Waals surface area contributed by atoms with Crippen LogP contribution in [0.4, 0.5) is 13.2 Å². The van der Waals surface area contributed by atoms with E-state index >= 15 is 0 Å². The number of aryl methyl sites for hydroxylation is 1. The molecule has 0 N–H and O–H groups in total. The maximum Gasteiger partial charge on any atom is 0.320 e. The standard InChI is InChI=1S/C20H19F3N2O3/c1-12(19-24-15-5-3-4-6-16(15)25(19)20(22)23)28-18(26)10-8-13-7-9-17(27-2)14(21)11-13/h3-7,9,11-12,20H,8,10H2,1-2H3. The van der Waals surface area contributed by atoms with Gasteiger partial charge in [0, 0.05) is 6.42 Å². The number of carbonyl (C=O) groups is 1. The molecule has 148 valence electrons. The zero-order valence-corrected chi connectivity index (χ0v) is 15.4. The van der Waals surface area contributed by atoms with Crippen LogP contribution in [0.15, 0.2) is 42.5 Å². The summed E-state index contributed by atoms with van der Waals surface area (Å²) in [5.74, 6) is -1.02. The minimum Gasteiger partial charge on any atom is -0.494 e. The highest BCUT2D eigenvalue weighted by Crippen LogP contribution is 2.28. The van der Waals surface area contributed by atoms with Crippen LogP contribution in [0.5, 0.6) is 5.75 Å². The topological polar surface area (TPSA) is 53.4 Å². The van der Waals surface area contributed by atoms with Crippen LogP contribution >= 0.6 is 0 Å². The lowest BCUT2D eigenvalue weighted by molar-refractivity contribution is -0.149. The fourth-order valence-corrected chi connectivity index (χ4v) is 2.98. The monoisotopic (exact) mass is 392 g/mol. The number of rotatable bonds is 7. The number of ether oxygens (including phenoxy) is 2. The lowest BCUT2D eigenvalue weighted by Gasteiger charge is -2.15. The average Bonchev–Trinajstić information content (AvgIpc) is 3.06. The first kappa shape index (κ1) is 19.7. The Hall–Kier alpha value is -3.03. The average molecular weight is 392 g/mol. The lowest BCUT2D eigenvalue weighted by Crippen LogP contribution is -2.15. The molecule has 1 heterocycles. The van der Waals surface area contributed by atoms with Crippen molar-refractivity contribution in [2.75, 3.05) is 7.11 Å². The maximum absolute atomic E-state index is 13.7. The number of hydrogen-bond donors (Lipinski definition) is 0. The van der Waals surface area contributed by atoms with Crippen molar-refractivity contribution in [1.82, 2.24) is 9.55 Å². The van der Waals surface area contributed by atoms with Crippen molar-refractivity contribution in [2.45, 2.75) is 32.4 Å². The molecule has 0 radical (unpaired) electrons. The fourth-order valence-electron chi connectivity index (χ4n) is 2.98. The number of imidazole rings is 1. The Kier molecular flexibility index (Phi) is 5.87.